The number of amides is 2. The van der Waals surface area contributed by atoms with Crippen LogP contribution in [-0.4, -0.2) is 44.3 Å². The van der Waals surface area contributed by atoms with Gasteiger partial charge in [-0.25, -0.2) is 8.42 Å². The minimum absolute atomic E-state index is 0.0938. The molecule has 0 radical (unpaired) electrons. The molecule has 0 spiro atoms. The number of nitrogens with zero attached hydrogens (tertiary/aromatic N) is 2. The van der Waals surface area contributed by atoms with Gasteiger partial charge in [-0.1, -0.05) is 48.0 Å². The highest BCUT2D eigenvalue weighted by Crippen LogP contribution is 2.27. The van der Waals surface area contributed by atoms with Gasteiger partial charge < -0.3 is 10.2 Å². The molecule has 1 atom stereocenters. The van der Waals surface area contributed by atoms with E-state index in [4.69, 9.17) is 0 Å². The lowest BCUT2D eigenvalue weighted by molar-refractivity contribution is -0.139. The summed E-state index contributed by atoms with van der Waals surface area (Å²) in [6, 6.07) is 18.7. The van der Waals surface area contributed by atoms with E-state index in [1.807, 2.05) is 65.0 Å². The number of hydrogen-bond donors (Lipinski definition) is 1. The van der Waals surface area contributed by atoms with Crippen molar-refractivity contribution in [1.82, 2.24) is 10.2 Å². The summed E-state index contributed by atoms with van der Waals surface area (Å²) in [6.45, 7) is 11.3. The van der Waals surface area contributed by atoms with E-state index < -0.39 is 28.5 Å². The first-order chi connectivity index (χ1) is 17.9. The fraction of sp³-hybridized carbons (Fsp3) is 0.333. The Labute approximate surface area is 226 Å². The summed E-state index contributed by atoms with van der Waals surface area (Å²) in [6.07, 6.45) is 0. The SMILES string of the molecule is CCNC(=O)[C@H](C)N(Cc1ccccc1C)C(=O)CN(c1ccc(C)c(C)c1)S(=O)(=O)c1ccc(C)cc1. The summed E-state index contributed by atoms with van der Waals surface area (Å²) < 4.78 is 28.9. The lowest BCUT2D eigenvalue weighted by Gasteiger charge is -2.32. The van der Waals surface area contributed by atoms with Gasteiger partial charge >= 0.3 is 0 Å². The topological polar surface area (TPSA) is 86.8 Å². The Morgan fingerprint density at radius 3 is 2.13 bits per heavy atom. The second-order valence-corrected chi connectivity index (χ2v) is 11.5. The standard InChI is InChI=1S/C30H37N3O4S/c1-7-31-30(35)25(6)32(19-26-11-9-8-10-23(26)4)29(34)20-33(27-15-14-22(3)24(5)18-27)38(36,37)28-16-12-21(2)13-17-28/h8-18,25H,7,19-20H2,1-6H3,(H,31,35)/t25-/m0/s1. The minimum atomic E-state index is -4.08. The van der Waals surface area contributed by atoms with Gasteiger partial charge in [-0.05, 0) is 88.1 Å². The lowest BCUT2D eigenvalue weighted by Crippen LogP contribution is -2.51. The third-order valence-electron chi connectivity index (χ3n) is 6.79. The fourth-order valence-electron chi connectivity index (χ4n) is 4.12. The summed E-state index contributed by atoms with van der Waals surface area (Å²) in [5, 5.41) is 2.78. The van der Waals surface area contributed by atoms with Crippen molar-refractivity contribution < 1.29 is 18.0 Å². The highest BCUT2D eigenvalue weighted by atomic mass is 32.2. The van der Waals surface area contributed by atoms with Gasteiger partial charge in [0.2, 0.25) is 11.8 Å². The number of benzene rings is 3. The minimum Gasteiger partial charge on any atom is -0.355 e. The Kier molecular flexibility index (Phi) is 9.33. The van der Waals surface area contributed by atoms with Crippen molar-refractivity contribution in [3.05, 3.63) is 94.5 Å². The summed E-state index contributed by atoms with van der Waals surface area (Å²) in [5.41, 5.74) is 5.11. The average Bonchev–Trinajstić information content (AvgIpc) is 2.88. The van der Waals surface area contributed by atoms with Crippen molar-refractivity contribution in [2.24, 2.45) is 0 Å². The molecule has 3 aromatic carbocycles. The third kappa shape index (κ3) is 6.61. The van der Waals surface area contributed by atoms with E-state index in [2.05, 4.69) is 5.32 Å². The molecule has 2 amide bonds. The van der Waals surface area contributed by atoms with Gasteiger partial charge in [0.05, 0.1) is 10.6 Å². The molecule has 0 aliphatic carbocycles. The molecule has 8 heteroatoms. The van der Waals surface area contributed by atoms with Crippen molar-refractivity contribution in [1.29, 1.82) is 0 Å². The number of carbonyl (C=O) groups excluding carboxylic acids is 2. The van der Waals surface area contributed by atoms with Gasteiger partial charge in [0.15, 0.2) is 0 Å². The Balaban J connectivity index is 2.07. The number of nitrogens with one attached hydrogen (secondary N) is 1. The molecule has 0 saturated heterocycles. The van der Waals surface area contributed by atoms with Crippen LogP contribution in [0.15, 0.2) is 71.6 Å². The first-order valence-corrected chi connectivity index (χ1v) is 14.2. The van der Waals surface area contributed by atoms with Crippen molar-refractivity contribution in [3.8, 4) is 0 Å². The Hall–Kier alpha value is -3.65. The number of rotatable bonds is 10. The van der Waals surface area contributed by atoms with Crippen LogP contribution in [0.3, 0.4) is 0 Å². The van der Waals surface area contributed by atoms with Gasteiger partial charge in [-0.3, -0.25) is 13.9 Å². The van der Waals surface area contributed by atoms with Gasteiger partial charge in [0.1, 0.15) is 12.6 Å². The van der Waals surface area contributed by atoms with Crippen molar-refractivity contribution in [2.75, 3.05) is 17.4 Å². The molecule has 0 aliphatic heterocycles. The van der Waals surface area contributed by atoms with Gasteiger partial charge in [0, 0.05) is 13.1 Å². The maximum absolute atomic E-state index is 13.9. The highest BCUT2D eigenvalue weighted by molar-refractivity contribution is 7.92. The monoisotopic (exact) mass is 535 g/mol. The van der Waals surface area contributed by atoms with E-state index in [9.17, 15) is 18.0 Å². The molecule has 7 nitrogen and oxygen atoms in total. The van der Waals surface area contributed by atoms with Gasteiger partial charge in [0.25, 0.3) is 10.0 Å². The van der Waals surface area contributed by atoms with Crippen molar-refractivity contribution in [3.63, 3.8) is 0 Å². The van der Waals surface area contributed by atoms with Crippen LogP contribution in [0, 0.1) is 27.7 Å². The highest BCUT2D eigenvalue weighted by Gasteiger charge is 2.32. The maximum atomic E-state index is 13.9. The fourth-order valence-corrected chi connectivity index (χ4v) is 5.53. The predicted molar refractivity (Wildman–Crippen MR) is 152 cm³/mol. The van der Waals surface area contributed by atoms with Crippen LogP contribution in [0.4, 0.5) is 5.69 Å². The number of sulfonamides is 1. The number of carbonyl (C=O) groups is 2. The number of anilines is 1. The molecule has 0 aromatic heterocycles. The second kappa shape index (κ2) is 12.3. The third-order valence-corrected chi connectivity index (χ3v) is 8.57. The lowest BCUT2D eigenvalue weighted by atomic mass is 10.1. The van der Waals surface area contributed by atoms with E-state index in [-0.39, 0.29) is 17.3 Å². The zero-order valence-electron chi connectivity index (χ0n) is 23.0. The quantitative estimate of drug-likeness (QED) is 0.409. The molecule has 0 heterocycles. The molecule has 0 unspecified atom stereocenters. The summed E-state index contributed by atoms with van der Waals surface area (Å²) >= 11 is 0. The zero-order valence-corrected chi connectivity index (χ0v) is 23.8. The Morgan fingerprint density at radius 2 is 1.53 bits per heavy atom. The molecule has 0 bridgehead atoms. The molecule has 38 heavy (non-hydrogen) atoms. The van der Waals surface area contributed by atoms with Crippen LogP contribution >= 0.6 is 0 Å². The van der Waals surface area contributed by atoms with E-state index in [1.165, 1.54) is 4.90 Å². The summed E-state index contributed by atoms with van der Waals surface area (Å²) in [7, 11) is -4.08. The molecule has 0 saturated carbocycles. The Morgan fingerprint density at radius 1 is 0.868 bits per heavy atom. The molecule has 202 valence electrons. The smallest absolute Gasteiger partial charge is 0.264 e. The zero-order chi connectivity index (χ0) is 28.0. The normalized spacial score (nSPS) is 12.1. The summed E-state index contributed by atoms with van der Waals surface area (Å²) in [4.78, 5) is 28.3. The predicted octanol–water partition coefficient (Wildman–Crippen LogP) is 4.67. The van der Waals surface area contributed by atoms with Gasteiger partial charge in [-0.15, -0.1) is 0 Å². The van der Waals surface area contributed by atoms with E-state index in [1.54, 1.807) is 43.3 Å². The second-order valence-electron chi connectivity index (χ2n) is 9.61. The molecular formula is C30H37N3O4S. The first kappa shape index (κ1) is 28.9. The molecule has 0 aliphatic rings. The molecule has 0 fully saturated rings. The van der Waals surface area contributed by atoms with Crippen LogP contribution in [0.25, 0.3) is 0 Å². The Bertz CT molecular complexity index is 1400. The molecular weight excluding hydrogens is 498 g/mol. The van der Waals surface area contributed by atoms with Crippen LogP contribution in [0.2, 0.25) is 0 Å². The number of aryl methyl sites for hydroxylation is 4. The maximum Gasteiger partial charge on any atom is 0.264 e. The molecule has 1 N–H and O–H groups in total. The molecule has 3 aromatic rings. The van der Waals surface area contributed by atoms with Crippen LogP contribution in [0.5, 0.6) is 0 Å². The van der Waals surface area contributed by atoms with E-state index in [0.717, 1.165) is 32.1 Å². The van der Waals surface area contributed by atoms with Crippen molar-refractivity contribution >= 4 is 27.5 Å². The number of hydrogen-bond acceptors (Lipinski definition) is 4. The largest absolute Gasteiger partial charge is 0.355 e. The van der Waals surface area contributed by atoms with Gasteiger partial charge in [-0.2, -0.15) is 0 Å². The van der Waals surface area contributed by atoms with E-state index >= 15 is 0 Å². The van der Waals surface area contributed by atoms with Crippen LogP contribution in [-0.2, 0) is 26.2 Å². The average molecular weight is 536 g/mol. The summed E-state index contributed by atoms with van der Waals surface area (Å²) in [5.74, 6) is -0.769. The van der Waals surface area contributed by atoms with Crippen LogP contribution in [0.1, 0.15) is 41.7 Å². The van der Waals surface area contributed by atoms with Crippen LogP contribution < -0.4 is 9.62 Å². The molecule has 3 rings (SSSR count). The first-order valence-electron chi connectivity index (χ1n) is 12.7. The van der Waals surface area contributed by atoms with Crippen molar-refractivity contribution in [2.45, 2.75) is 59.0 Å². The number of likely N-dealkylation sites (N-methyl/N-ethyl adjacent to an activating group) is 1. The van der Waals surface area contributed by atoms with E-state index in [0.29, 0.717) is 12.2 Å².